The van der Waals surface area contributed by atoms with Gasteiger partial charge in [-0.05, 0) is 25.9 Å². The molecule has 1 aliphatic carbocycles. The molecule has 0 atom stereocenters. The Kier molecular flexibility index (Phi) is 6.60. The summed E-state index contributed by atoms with van der Waals surface area (Å²) in [5.74, 6) is -0.268. The Labute approximate surface area is 144 Å². The van der Waals surface area contributed by atoms with Crippen molar-refractivity contribution in [2.45, 2.75) is 57.9 Å². The number of likely N-dealkylation sites (N-methyl/N-ethyl adjacent to an activating group) is 1. The molecule has 2 rings (SSSR count). The fourth-order valence-electron chi connectivity index (χ4n) is 3.57. The molecule has 136 valence electrons. The van der Waals surface area contributed by atoms with Crippen LogP contribution in [0.3, 0.4) is 0 Å². The maximum atomic E-state index is 12.6. The van der Waals surface area contributed by atoms with Crippen LogP contribution in [-0.4, -0.2) is 65.9 Å². The molecule has 24 heavy (non-hydrogen) atoms. The Hall–Kier alpha value is -1.63. The molecule has 2 aliphatic rings. The number of hydrogen-bond donors (Lipinski definition) is 2. The Morgan fingerprint density at radius 2 is 1.88 bits per heavy atom. The third-order valence-corrected chi connectivity index (χ3v) is 5.16. The number of amides is 4. The van der Waals surface area contributed by atoms with Crippen LogP contribution in [0.2, 0.25) is 0 Å². The van der Waals surface area contributed by atoms with Crippen LogP contribution < -0.4 is 10.6 Å². The number of carbonyl (C=O) groups excluding carboxylic acids is 3. The second kappa shape index (κ2) is 8.46. The van der Waals surface area contributed by atoms with Crippen LogP contribution in [0.15, 0.2) is 0 Å². The summed E-state index contributed by atoms with van der Waals surface area (Å²) in [6.07, 6.45) is 4.62. The first kappa shape index (κ1) is 18.7. The highest BCUT2D eigenvalue weighted by molar-refractivity contribution is 6.07. The highest BCUT2D eigenvalue weighted by Crippen LogP contribution is 2.33. The van der Waals surface area contributed by atoms with Crippen molar-refractivity contribution in [3.05, 3.63) is 0 Å². The highest BCUT2D eigenvalue weighted by atomic mass is 16.2. The van der Waals surface area contributed by atoms with E-state index in [1.165, 1.54) is 4.90 Å². The van der Waals surface area contributed by atoms with Gasteiger partial charge in [0.2, 0.25) is 5.91 Å². The molecule has 1 aliphatic heterocycles. The van der Waals surface area contributed by atoms with Crippen LogP contribution in [0, 0.1) is 0 Å². The van der Waals surface area contributed by atoms with Crippen molar-refractivity contribution in [1.82, 2.24) is 20.4 Å². The fourth-order valence-corrected chi connectivity index (χ4v) is 3.57. The zero-order valence-electron chi connectivity index (χ0n) is 14.9. The van der Waals surface area contributed by atoms with E-state index in [4.69, 9.17) is 0 Å². The summed E-state index contributed by atoms with van der Waals surface area (Å²) >= 11 is 0. The number of rotatable bonds is 8. The van der Waals surface area contributed by atoms with Crippen molar-refractivity contribution >= 4 is 17.8 Å². The van der Waals surface area contributed by atoms with Crippen LogP contribution >= 0.6 is 0 Å². The minimum atomic E-state index is -0.700. The normalized spacial score (nSPS) is 19.9. The number of nitrogens with one attached hydrogen (secondary N) is 2. The topological polar surface area (TPSA) is 81.8 Å². The Bertz CT molecular complexity index is 470. The van der Waals surface area contributed by atoms with E-state index in [1.807, 2.05) is 0 Å². The standard InChI is InChI=1S/C17H30N4O3/c1-3-20(4-2)13-11-18-14(22)8-12-21-15(23)17(19-16(21)24)9-6-5-7-10-17/h3-13H2,1-2H3,(H,18,22)(H,19,24). The Morgan fingerprint density at radius 3 is 2.50 bits per heavy atom. The van der Waals surface area contributed by atoms with Gasteiger partial charge in [0, 0.05) is 26.1 Å². The number of urea groups is 1. The van der Waals surface area contributed by atoms with Crippen LogP contribution in [0.25, 0.3) is 0 Å². The molecular weight excluding hydrogens is 308 g/mol. The average Bonchev–Trinajstić information content (AvgIpc) is 2.80. The zero-order chi connectivity index (χ0) is 17.6. The van der Waals surface area contributed by atoms with Crippen LogP contribution in [0.4, 0.5) is 4.79 Å². The maximum absolute atomic E-state index is 12.6. The molecule has 4 amide bonds. The minimum absolute atomic E-state index is 0.118. The molecular formula is C17H30N4O3. The first-order chi connectivity index (χ1) is 11.5. The van der Waals surface area contributed by atoms with E-state index < -0.39 is 5.54 Å². The van der Waals surface area contributed by atoms with Crippen molar-refractivity contribution < 1.29 is 14.4 Å². The summed E-state index contributed by atoms with van der Waals surface area (Å²) in [5.41, 5.74) is -0.700. The predicted molar refractivity (Wildman–Crippen MR) is 91.5 cm³/mol. The van der Waals surface area contributed by atoms with Gasteiger partial charge in [0.05, 0.1) is 0 Å². The van der Waals surface area contributed by atoms with Gasteiger partial charge >= 0.3 is 6.03 Å². The van der Waals surface area contributed by atoms with Gasteiger partial charge in [-0.1, -0.05) is 33.1 Å². The molecule has 0 radical (unpaired) electrons. The van der Waals surface area contributed by atoms with Crippen molar-refractivity contribution in [2.75, 3.05) is 32.7 Å². The van der Waals surface area contributed by atoms with Crippen LogP contribution in [0.1, 0.15) is 52.4 Å². The van der Waals surface area contributed by atoms with Crippen molar-refractivity contribution in [3.63, 3.8) is 0 Å². The van der Waals surface area contributed by atoms with E-state index in [-0.39, 0.29) is 30.8 Å². The maximum Gasteiger partial charge on any atom is 0.325 e. The second-order valence-corrected chi connectivity index (χ2v) is 6.66. The minimum Gasteiger partial charge on any atom is -0.355 e. The van der Waals surface area contributed by atoms with E-state index >= 15 is 0 Å². The molecule has 1 spiro atoms. The number of nitrogens with zero attached hydrogens (tertiary/aromatic N) is 2. The molecule has 1 heterocycles. The van der Waals surface area contributed by atoms with Crippen molar-refractivity contribution in [3.8, 4) is 0 Å². The van der Waals surface area contributed by atoms with E-state index in [2.05, 4.69) is 29.4 Å². The van der Waals surface area contributed by atoms with Gasteiger partial charge in [-0.2, -0.15) is 0 Å². The van der Waals surface area contributed by atoms with Gasteiger partial charge in [0.25, 0.3) is 5.91 Å². The summed E-state index contributed by atoms with van der Waals surface area (Å²) in [7, 11) is 0. The van der Waals surface area contributed by atoms with Crippen molar-refractivity contribution in [2.24, 2.45) is 0 Å². The molecule has 0 aromatic rings. The molecule has 7 nitrogen and oxygen atoms in total. The third-order valence-electron chi connectivity index (χ3n) is 5.16. The van der Waals surface area contributed by atoms with Gasteiger partial charge in [0.1, 0.15) is 5.54 Å². The summed E-state index contributed by atoms with van der Waals surface area (Å²) in [6, 6.07) is -0.349. The third kappa shape index (κ3) is 4.26. The molecule has 2 N–H and O–H groups in total. The summed E-state index contributed by atoms with van der Waals surface area (Å²) in [5, 5.41) is 5.72. The largest absolute Gasteiger partial charge is 0.355 e. The monoisotopic (exact) mass is 338 g/mol. The average molecular weight is 338 g/mol. The van der Waals surface area contributed by atoms with Crippen molar-refractivity contribution in [1.29, 1.82) is 0 Å². The first-order valence-corrected chi connectivity index (χ1v) is 9.15. The van der Waals surface area contributed by atoms with Gasteiger partial charge in [0.15, 0.2) is 0 Å². The molecule has 0 aromatic heterocycles. The van der Waals surface area contributed by atoms with Gasteiger partial charge in [-0.3, -0.25) is 14.5 Å². The quantitative estimate of drug-likeness (QED) is 0.649. The van der Waals surface area contributed by atoms with Gasteiger partial charge in [-0.15, -0.1) is 0 Å². The molecule has 1 saturated heterocycles. The highest BCUT2D eigenvalue weighted by Gasteiger charge is 2.50. The summed E-state index contributed by atoms with van der Waals surface area (Å²) in [6.45, 7) is 7.64. The van der Waals surface area contributed by atoms with E-state index in [0.717, 1.165) is 38.9 Å². The van der Waals surface area contributed by atoms with E-state index in [9.17, 15) is 14.4 Å². The van der Waals surface area contributed by atoms with Gasteiger partial charge in [-0.25, -0.2) is 4.79 Å². The lowest BCUT2D eigenvalue weighted by molar-refractivity contribution is -0.132. The summed E-state index contributed by atoms with van der Waals surface area (Å²) < 4.78 is 0. The Balaban J connectivity index is 1.76. The van der Waals surface area contributed by atoms with Crippen LogP contribution in [-0.2, 0) is 9.59 Å². The molecule has 0 unspecified atom stereocenters. The second-order valence-electron chi connectivity index (χ2n) is 6.66. The number of carbonyl (C=O) groups is 3. The van der Waals surface area contributed by atoms with E-state index in [0.29, 0.717) is 19.4 Å². The smallest absolute Gasteiger partial charge is 0.325 e. The van der Waals surface area contributed by atoms with Gasteiger partial charge < -0.3 is 15.5 Å². The Morgan fingerprint density at radius 1 is 1.21 bits per heavy atom. The first-order valence-electron chi connectivity index (χ1n) is 9.15. The lowest BCUT2D eigenvalue weighted by Gasteiger charge is -2.30. The molecule has 2 fully saturated rings. The number of hydrogen-bond acceptors (Lipinski definition) is 4. The molecule has 7 heteroatoms. The summed E-state index contributed by atoms with van der Waals surface area (Å²) in [4.78, 5) is 40.1. The van der Waals surface area contributed by atoms with E-state index in [1.54, 1.807) is 0 Å². The fraction of sp³-hybridized carbons (Fsp3) is 0.824. The SMILES string of the molecule is CCN(CC)CCNC(=O)CCN1C(=O)NC2(CCCCC2)C1=O. The lowest BCUT2D eigenvalue weighted by Crippen LogP contribution is -2.48. The molecule has 1 saturated carbocycles. The zero-order valence-corrected chi connectivity index (χ0v) is 14.9. The van der Waals surface area contributed by atoms with Crippen LogP contribution in [0.5, 0.6) is 0 Å². The molecule has 0 bridgehead atoms. The molecule has 0 aromatic carbocycles. The predicted octanol–water partition coefficient (Wildman–Crippen LogP) is 1.09. The number of imide groups is 1. The lowest BCUT2D eigenvalue weighted by atomic mass is 9.82.